The van der Waals surface area contributed by atoms with Crippen molar-refractivity contribution < 1.29 is 17.9 Å². The predicted molar refractivity (Wildman–Crippen MR) is 22.0 cm³/mol. The molecule has 4 heteroatoms. The van der Waals surface area contributed by atoms with Crippen LogP contribution >= 0.6 is 0 Å². The highest BCUT2D eigenvalue weighted by Crippen LogP contribution is 2.18. The van der Waals surface area contributed by atoms with E-state index in [1.54, 1.807) is 0 Å². The maximum atomic E-state index is 11.1. The molecule has 0 rings (SSSR count). The molecule has 0 saturated heterocycles. The maximum absolute atomic E-state index is 11.1. The number of hydrogen-bond acceptors (Lipinski definition) is 1. The Morgan fingerprint density at radius 1 is 1.50 bits per heavy atom. The first-order valence-electron chi connectivity index (χ1n) is 2.09. The van der Waals surface area contributed by atoms with Crippen LogP contribution in [0.3, 0.4) is 0 Å². The maximum Gasteiger partial charge on any atom is 0.417 e. The Bertz CT molecular complexity index is 58.8. The van der Waals surface area contributed by atoms with Gasteiger partial charge in [-0.3, -0.25) is 0 Å². The van der Waals surface area contributed by atoms with Gasteiger partial charge in [0.05, 0.1) is 0 Å². The molecule has 0 spiro atoms. The molecular weight excluding hydrogens is 121 g/mol. The van der Waals surface area contributed by atoms with Crippen LogP contribution in [0.2, 0.25) is 0 Å². The molecule has 1 radical (unpaired) electrons. The third-order valence-electron chi connectivity index (χ3n) is 0.384. The Balaban J connectivity index is 3.11. The standard InChI is InChI=1S/C4H6F3O/c1-2-8-3-4(5,6)7/h3H,2H2,1H3. The van der Waals surface area contributed by atoms with Gasteiger partial charge in [0.2, 0.25) is 0 Å². The second kappa shape index (κ2) is 2.91. The van der Waals surface area contributed by atoms with E-state index in [-0.39, 0.29) is 13.2 Å². The van der Waals surface area contributed by atoms with Crippen molar-refractivity contribution in [3.8, 4) is 0 Å². The van der Waals surface area contributed by atoms with Crippen LogP contribution in [-0.2, 0) is 4.74 Å². The fraction of sp³-hybridized carbons (Fsp3) is 0.750. The zero-order valence-electron chi connectivity index (χ0n) is 4.33. The van der Waals surface area contributed by atoms with Gasteiger partial charge in [0.1, 0.15) is 0 Å². The minimum Gasteiger partial charge on any atom is -0.366 e. The van der Waals surface area contributed by atoms with Crippen LogP contribution in [0.25, 0.3) is 0 Å². The minimum absolute atomic E-state index is 0.0551. The smallest absolute Gasteiger partial charge is 0.366 e. The van der Waals surface area contributed by atoms with Gasteiger partial charge in [-0.05, 0) is 6.92 Å². The summed E-state index contributed by atoms with van der Waals surface area (Å²) in [7, 11) is 0. The first-order chi connectivity index (χ1) is 3.56. The van der Waals surface area contributed by atoms with Crippen molar-refractivity contribution in [2.24, 2.45) is 0 Å². The first-order valence-corrected chi connectivity index (χ1v) is 2.09. The molecule has 0 aliphatic rings. The molecule has 0 amide bonds. The molecule has 1 nitrogen and oxygen atoms in total. The summed E-state index contributed by atoms with van der Waals surface area (Å²) in [5.74, 6) is 0. The molecule has 0 aliphatic carbocycles. The molecule has 0 aromatic carbocycles. The molecule has 0 aliphatic heterocycles. The summed E-state index contributed by atoms with van der Waals surface area (Å²) < 4.78 is 37.1. The zero-order chi connectivity index (χ0) is 6.62. The normalized spacial score (nSPS) is 12.0. The van der Waals surface area contributed by atoms with Gasteiger partial charge < -0.3 is 4.74 Å². The van der Waals surface area contributed by atoms with Gasteiger partial charge in [0, 0.05) is 6.61 Å². The molecule has 0 aromatic rings. The monoisotopic (exact) mass is 127 g/mol. The number of hydrogen-bond donors (Lipinski definition) is 0. The number of alkyl halides is 3. The largest absolute Gasteiger partial charge is 0.417 e. The van der Waals surface area contributed by atoms with Crippen LogP contribution in [0.1, 0.15) is 6.92 Å². The average Bonchev–Trinajstić information content (AvgIpc) is 1.59. The molecule has 0 fully saturated rings. The summed E-state index contributed by atoms with van der Waals surface area (Å²) >= 11 is 0. The zero-order valence-corrected chi connectivity index (χ0v) is 4.33. The van der Waals surface area contributed by atoms with Crippen LogP contribution in [0.5, 0.6) is 0 Å². The van der Waals surface area contributed by atoms with Gasteiger partial charge in [-0.2, -0.15) is 13.2 Å². The minimum atomic E-state index is -4.30. The highest BCUT2D eigenvalue weighted by atomic mass is 19.4. The molecule has 8 heavy (non-hydrogen) atoms. The molecule has 0 unspecified atom stereocenters. The third-order valence-corrected chi connectivity index (χ3v) is 0.384. The average molecular weight is 127 g/mol. The van der Waals surface area contributed by atoms with E-state index in [1.807, 2.05) is 0 Å². The quantitative estimate of drug-likeness (QED) is 0.549. The lowest BCUT2D eigenvalue weighted by Crippen LogP contribution is -2.10. The van der Waals surface area contributed by atoms with Gasteiger partial charge in [-0.1, -0.05) is 0 Å². The van der Waals surface area contributed by atoms with E-state index in [9.17, 15) is 13.2 Å². The van der Waals surface area contributed by atoms with E-state index in [1.165, 1.54) is 6.92 Å². The van der Waals surface area contributed by atoms with Gasteiger partial charge >= 0.3 is 6.18 Å². The summed E-state index contributed by atoms with van der Waals surface area (Å²) in [5.41, 5.74) is 0. The summed E-state index contributed by atoms with van der Waals surface area (Å²) in [6.45, 7) is 1.41. The molecule has 0 N–H and O–H groups in total. The second-order valence-electron chi connectivity index (χ2n) is 1.11. The fourth-order valence-corrected chi connectivity index (χ4v) is 0.178. The van der Waals surface area contributed by atoms with E-state index in [0.29, 0.717) is 0 Å². The Kier molecular flexibility index (Phi) is 2.82. The molecule has 0 bridgehead atoms. The molecular formula is C4H6F3O. The van der Waals surface area contributed by atoms with Gasteiger partial charge in [-0.15, -0.1) is 0 Å². The summed E-state index contributed by atoms with van der Waals surface area (Å²) in [6.07, 6.45) is -4.30. The molecule has 0 heterocycles. The first kappa shape index (κ1) is 7.75. The predicted octanol–water partition coefficient (Wildman–Crippen LogP) is 1.75. The Morgan fingerprint density at radius 2 is 2.00 bits per heavy atom. The van der Waals surface area contributed by atoms with Crippen molar-refractivity contribution in [1.82, 2.24) is 0 Å². The van der Waals surface area contributed by atoms with E-state index >= 15 is 0 Å². The van der Waals surface area contributed by atoms with E-state index in [2.05, 4.69) is 4.74 Å². The van der Waals surface area contributed by atoms with Crippen LogP contribution in [-0.4, -0.2) is 12.8 Å². The van der Waals surface area contributed by atoms with E-state index in [0.717, 1.165) is 0 Å². The summed E-state index contributed by atoms with van der Waals surface area (Å²) in [6, 6.07) is 0. The topological polar surface area (TPSA) is 9.23 Å². The van der Waals surface area contributed by atoms with Gasteiger partial charge in [-0.25, -0.2) is 0 Å². The Labute approximate surface area is 45.4 Å². The van der Waals surface area contributed by atoms with Crippen molar-refractivity contribution in [3.63, 3.8) is 0 Å². The summed E-state index contributed by atoms with van der Waals surface area (Å²) in [5, 5.41) is 0. The molecule has 49 valence electrons. The van der Waals surface area contributed by atoms with Gasteiger partial charge in [0.25, 0.3) is 0 Å². The number of rotatable bonds is 2. The van der Waals surface area contributed by atoms with Crippen molar-refractivity contribution >= 4 is 0 Å². The highest BCUT2D eigenvalue weighted by Gasteiger charge is 2.27. The van der Waals surface area contributed by atoms with Crippen molar-refractivity contribution in [2.45, 2.75) is 13.1 Å². The Morgan fingerprint density at radius 3 is 2.12 bits per heavy atom. The molecule has 0 atom stereocenters. The van der Waals surface area contributed by atoms with Crippen molar-refractivity contribution in [1.29, 1.82) is 0 Å². The van der Waals surface area contributed by atoms with Crippen LogP contribution < -0.4 is 0 Å². The number of ether oxygens (including phenoxy) is 1. The third kappa shape index (κ3) is 5.75. The lowest BCUT2D eigenvalue weighted by atomic mass is 10.7. The molecule has 0 aromatic heterocycles. The second-order valence-corrected chi connectivity index (χ2v) is 1.11. The lowest BCUT2D eigenvalue weighted by molar-refractivity contribution is -0.136. The lowest BCUT2D eigenvalue weighted by Gasteiger charge is -2.02. The van der Waals surface area contributed by atoms with E-state index < -0.39 is 6.18 Å². The van der Waals surface area contributed by atoms with Crippen LogP contribution in [0.4, 0.5) is 13.2 Å². The van der Waals surface area contributed by atoms with Crippen LogP contribution in [0, 0.1) is 6.61 Å². The van der Waals surface area contributed by atoms with Crippen LogP contribution in [0.15, 0.2) is 0 Å². The van der Waals surface area contributed by atoms with E-state index in [4.69, 9.17) is 0 Å². The van der Waals surface area contributed by atoms with Gasteiger partial charge in [0.15, 0.2) is 6.61 Å². The fourth-order valence-electron chi connectivity index (χ4n) is 0.178. The van der Waals surface area contributed by atoms with Crippen molar-refractivity contribution in [3.05, 3.63) is 6.61 Å². The number of halogens is 3. The molecule has 0 saturated carbocycles. The summed E-state index contributed by atoms with van der Waals surface area (Å²) in [4.78, 5) is 0. The highest BCUT2D eigenvalue weighted by molar-refractivity contribution is 4.60. The van der Waals surface area contributed by atoms with Crippen molar-refractivity contribution in [2.75, 3.05) is 6.61 Å². The Hall–Kier alpha value is -0.250. The SMILES string of the molecule is CCO[CH]C(F)(F)F.